The third-order valence-corrected chi connectivity index (χ3v) is 7.04. The van der Waals surface area contributed by atoms with Gasteiger partial charge in [0.25, 0.3) is 0 Å². The van der Waals surface area contributed by atoms with Crippen LogP contribution in [0.5, 0.6) is 0 Å². The molecular formula is C11H23ClN3OTi. The number of carbonyl (C=O) groups excluding carboxylic acids is 1. The van der Waals surface area contributed by atoms with Crippen LogP contribution in [0.2, 0.25) is 4.73 Å². The maximum atomic E-state index is 10.5. The average molecular weight is 297 g/mol. The van der Waals surface area contributed by atoms with Crippen molar-refractivity contribution in [3.05, 3.63) is 0 Å². The van der Waals surface area contributed by atoms with Crippen LogP contribution in [0.3, 0.4) is 0 Å². The molecule has 0 aromatic rings. The monoisotopic (exact) mass is 296 g/mol. The van der Waals surface area contributed by atoms with Gasteiger partial charge in [0.2, 0.25) is 0 Å². The first-order valence-corrected chi connectivity index (χ1v) is 10.4. The summed E-state index contributed by atoms with van der Waals surface area (Å²) in [5.41, 5.74) is 0. The van der Waals surface area contributed by atoms with Gasteiger partial charge in [-0.2, -0.15) is 0 Å². The molecule has 17 heavy (non-hydrogen) atoms. The van der Waals surface area contributed by atoms with Gasteiger partial charge in [0.05, 0.1) is 0 Å². The summed E-state index contributed by atoms with van der Waals surface area (Å²) in [5.74, 6) is 0. The number of aldehydes is 1. The van der Waals surface area contributed by atoms with Crippen molar-refractivity contribution in [2.24, 2.45) is 0 Å². The van der Waals surface area contributed by atoms with Crippen LogP contribution < -0.4 is 10.6 Å². The summed E-state index contributed by atoms with van der Waals surface area (Å²) in [6, 6.07) is 0. The molecule has 1 aliphatic heterocycles. The quantitative estimate of drug-likeness (QED) is 0.601. The molecule has 0 aliphatic carbocycles. The number of halogens is 1. The van der Waals surface area contributed by atoms with Gasteiger partial charge in [-0.1, -0.05) is 0 Å². The van der Waals surface area contributed by atoms with Crippen LogP contribution >= 0.6 is 9.30 Å². The molecule has 0 radical (unpaired) electrons. The van der Waals surface area contributed by atoms with Crippen LogP contribution in [-0.2, 0) is 21.9 Å². The van der Waals surface area contributed by atoms with Crippen molar-refractivity contribution in [1.82, 2.24) is 14.0 Å². The third-order valence-electron chi connectivity index (χ3n) is 2.87. The van der Waals surface area contributed by atoms with E-state index in [1.165, 1.54) is 6.42 Å². The summed E-state index contributed by atoms with van der Waals surface area (Å²) in [6.07, 6.45) is 4.45. The number of hydrogen-bond acceptors (Lipinski definition) is 4. The third kappa shape index (κ3) is 7.55. The summed E-state index contributed by atoms with van der Waals surface area (Å²) in [4.78, 5) is 10.5. The van der Waals surface area contributed by atoms with Crippen LogP contribution in [0.25, 0.3) is 0 Å². The molecule has 0 bridgehead atoms. The fraction of sp³-hybridized carbons (Fsp3) is 0.909. The van der Waals surface area contributed by atoms with Gasteiger partial charge < -0.3 is 0 Å². The molecule has 2 N–H and O–H groups in total. The standard InChI is InChI=1S/C9H20N3.C2H3O.ClH.Ti/c1-4-10-6-2-8-12-9-3-7-11-5-1;1-2-3;;/h10-11H,1-9H2;2H,1H2;1H;/q-1;;;+2/p-1. The Balaban J connectivity index is 2.33. The van der Waals surface area contributed by atoms with E-state index < -0.39 is 17.1 Å². The van der Waals surface area contributed by atoms with E-state index in [9.17, 15) is 4.79 Å². The molecule has 1 rings (SSSR count). The normalized spacial score (nSPS) is 21.2. The molecular weight excluding hydrogens is 273 g/mol. The van der Waals surface area contributed by atoms with Gasteiger partial charge in [-0.15, -0.1) is 0 Å². The summed E-state index contributed by atoms with van der Waals surface area (Å²) in [6.45, 7) is 6.37. The Bertz CT molecular complexity index is 197. The predicted molar refractivity (Wildman–Crippen MR) is 67.9 cm³/mol. The molecule has 1 heterocycles. The fourth-order valence-electron chi connectivity index (χ4n) is 1.93. The Morgan fingerprint density at radius 3 is 2.12 bits per heavy atom. The zero-order valence-electron chi connectivity index (χ0n) is 10.4. The topological polar surface area (TPSA) is 44.4 Å². The summed E-state index contributed by atoms with van der Waals surface area (Å²) >= 11 is -1.78. The molecule has 4 nitrogen and oxygen atoms in total. The Kier molecular flexibility index (Phi) is 9.62. The number of nitrogens with one attached hydrogen (secondary N) is 2. The van der Waals surface area contributed by atoms with Crippen molar-refractivity contribution in [3.63, 3.8) is 0 Å². The molecule has 1 aliphatic rings. The van der Waals surface area contributed by atoms with Gasteiger partial charge >= 0.3 is 115 Å². The second-order valence-corrected chi connectivity index (χ2v) is 8.89. The molecule has 0 aromatic heterocycles. The molecule has 1 fully saturated rings. The van der Waals surface area contributed by atoms with Gasteiger partial charge in [-0.05, 0) is 0 Å². The van der Waals surface area contributed by atoms with Gasteiger partial charge in [0.1, 0.15) is 0 Å². The van der Waals surface area contributed by atoms with Gasteiger partial charge in [-0.25, -0.2) is 0 Å². The SMILES string of the molecule is O=C[CH2][Ti]([Cl])[N]1CCCNCCCNCCC1. The Morgan fingerprint density at radius 2 is 1.59 bits per heavy atom. The first-order chi connectivity index (χ1) is 8.34. The van der Waals surface area contributed by atoms with E-state index in [4.69, 9.17) is 9.30 Å². The number of carbonyl (C=O) groups is 1. The van der Waals surface area contributed by atoms with Gasteiger partial charge in [-0.3, -0.25) is 0 Å². The predicted octanol–water partition coefficient (Wildman–Crippen LogP) is 0.956. The summed E-state index contributed by atoms with van der Waals surface area (Å²) in [7, 11) is 6.37. The van der Waals surface area contributed by atoms with Gasteiger partial charge in [0, 0.05) is 0 Å². The molecule has 1 saturated heterocycles. The van der Waals surface area contributed by atoms with E-state index >= 15 is 0 Å². The van der Waals surface area contributed by atoms with E-state index in [0.29, 0.717) is 4.73 Å². The molecule has 6 heteroatoms. The summed E-state index contributed by atoms with van der Waals surface area (Å²) < 4.78 is 2.96. The Morgan fingerprint density at radius 1 is 1.06 bits per heavy atom. The van der Waals surface area contributed by atoms with Crippen molar-refractivity contribution < 1.29 is 21.9 Å². The van der Waals surface area contributed by atoms with E-state index in [1.807, 2.05) is 0 Å². The molecule has 0 amide bonds. The number of hydrogen-bond donors (Lipinski definition) is 2. The Hall–Kier alpha value is 0.554. The van der Waals surface area contributed by atoms with E-state index in [1.54, 1.807) is 0 Å². The molecule has 0 saturated carbocycles. The molecule has 0 spiro atoms. The van der Waals surface area contributed by atoms with Crippen molar-refractivity contribution in [2.45, 2.75) is 24.0 Å². The van der Waals surface area contributed by atoms with Crippen molar-refractivity contribution in [3.8, 4) is 0 Å². The number of nitrogens with zero attached hydrogens (tertiary/aromatic N) is 1. The zero-order chi connectivity index (χ0) is 12.3. The molecule has 0 aromatic carbocycles. The van der Waals surface area contributed by atoms with Crippen LogP contribution in [0.15, 0.2) is 0 Å². The second-order valence-electron chi connectivity index (χ2n) is 4.29. The fourth-order valence-corrected chi connectivity index (χ4v) is 4.76. The van der Waals surface area contributed by atoms with Crippen molar-refractivity contribution in [1.29, 1.82) is 0 Å². The van der Waals surface area contributed by atoms with E-state index in [0.717, 1.165) is 58.4 Å². The second kappa shape index (κ2) is 10.5. The van der Waals surface area contributed by atoms with Crippen LogP contribution in [0.1, 0.15) is 19.3 Å². The van der Waals surface area contributed by atoms with Crippen LogP contribution in [0.4, 0.5) is 0 Å². The average Bonchev–Trinajstić information content (AvgIpc) is 2.30. The summed E-state index contributed by atoms with van der Waals surface area (Å²) in [5, 5.41) is 6.87. The van der Waals surface area contributed by atoms with Crippen LogP contribution in [0, 0.1) is 0 Å². The Labute approximate surface area is 114 Å². The first kappa shape index (κ1) is 15.6. The van der Waals surface area contributed by atoms with Crippen molar-refractivity contribution >= 4 is 15.6 Å². The van der Waals surface area contributed by atoms with E-state index in [2.05, 4.69) is 14.0 Å². The first-order valence-electron chi connectivity index (χ1n) is 6.46. The molecule has 99 valence electrons. The van der Waals surface area contributed by atoms with Crippen LogP contribution in [-0.4, -0.2) is 48.9 Å². The van der Waals surface area contributed by atoms with Crippen molar-refractivity contribution in [2.75, 3.05) is 39.3 Å². The molecule has 0 unspecified atom stereocenters. The maximum absolute atomic E-state index is 10.5. The van der Waals surface area contributed by atoms with E-state index in [-0.39, 0.29) is 0 Å². The molecule has 0 atom stereocenters. The minimum atomic E-state index is -1.78. The van der Waals surface area contributed by atoms with Gasteiger partial charge in [0.15, 0.2) is 0 Å². The minimum absolute atomic E-state index is 0.586. The number of rotatable bonds is 3. The zero-order valence-corrected chi connectivity index (χ0v) is 12.7.